The topological polar surface area (TPSA) is 83.7 Å². The number of carbonyl (C=O) groups is 1. The molecule has 28 heavy (non-hydrogen) atoms. The molecule has 0 bridgehead atoms. The Hall–Kier alpha value is -2.68. The van der Waals surface area contributed by atoms with E-state index in [1.54, 1.807) is 55.6 Å². The van der Waals surface area contributed by atoms with Crippen molar-refractivity contribution in [1.29, 1.82) is 0 Å². The summed E-state index contributed by atoms with van der Waals surface area (Å²) >= 11 is 8.56. The molecule has 3 aromatic rings. The zero-order valence-corrected chi connectivity index (χ0v) is 17.3. The summed E-state index contributed by atoms with van der Waals surface area (Å²) in [6.45, 7) is -0.173. The van der Waals surface area contributed by atoms with Crippen LogP contribution in [0.3, 0.4) is 0 Å². The summed E-state index contributed by atoms with van der Waals surface area (Å²) in [4.78, 5) is 12.3. The van der Waals surface area contributed by atoms with Crippen molar-refractivity contribution >= 4 is 44.9 Å². The first-order valence-corrected chi connectivity index (χ1v) is 9.46. The third-order valence-corrected chi connectivity index (χ3v) is 4.55. The minimum absolute atomic E-state index is 0.167. The van der Waals surface area contributed by atoms with Crippen molar-refractivity contribution in [2.45, 2.75) is 6.61 Å². The summed E-state index contributed by atoms with van der Waals surface area (Å²) in [5.41, 5.74) is 1.87. The van der Waals surface area contributed by atoms with E-state index in [4.69, 9.17) is 26.5 Å². The number of carbonyl (C=O) groups excluding carboxylic acids is 1. The van der Waals surface area contributed by atoms with Gasteiger partial charge in [0.25, 0.3) is 5.91 Å². The second kappa shape index (κ2) is 9.01. The third-order valence-electron chi connectivity index (χ3n) is 3.86. The maximum atomic E-state index is 12.3. The zero-order valence-electron chi connectivity index (χ0n) is 14.9. The lowest BCUT2D eigenvalue weighted by molar-refractivity contribution is 0.0977. The summed E-state index contributed by atoms with van der Waals surface area (Å²) in [7, 11) is 1.55. The average molecular weight is 461 g/mol. The van der Waals surface area contributed by atoms with E-state index in [-0.39, 0.29) is 17.6 Å². The largest absolute Gasteiger partial charge is 0.496 e. The number of furan rings is 1. The minimum Gasteiger partial charge on any atom is -0.496 e. The molecular weight excluding hydrogens is 444 g/mol. The Balaban J connectivity index is 1.71. The molecule has 3 rings (SSSR count). The Kier molecular flexibility index (Phi) is 6.45. The van der Waals surface area contributed by atoms with E-state index in [1.807, 2.05) is 6.07 Å². The first kappa shape index (κ1) is 20.1. The summed E-state index contributed by atoms with van der Waals surface area (Å²) in [5.74, 6) is 1.30. The van der Waals surface area contributed by atoms with Gasteiger partial charge in [0.2, 0.25) is 0 Å². The van der Waals surface area contributed by atoms with Gasteiger partial charge in [0.15, 0.2) is 5.11 Å². The van der Waals surface area contributed by atoms with Crippen LogP contribution in [0.25, 0.3) is 11.3 Å². The fourth-order valence-electron chi connectivity index (χ4n) is 2.55. The van der Waals surface area contributed by atoms with Crippen molar-refractivity contribution in [3.63, 3.8) is 0 Å². The molecule has 6 nitrogen and oxygen atoms in total. The molecule has 1 heterocycles. The predicted octanol–water partition coefficient (Wildman–Crippen LogP) is 4.34. The van der Waals surface area contributed by atoms with Crippen molar-refractivity contribution in [2.24, 2.45) is 0 Å². The van der Waals surface area contributed by atoms with Gasteiger partial charge in [0.1, 0.15) is 23.9 Å². The van der Waals surface area contributed by atoms with Crippen molar-refractivity contribution in [2.75, 3.05) is 12.4 Å². The number of ether oxygens (including phenoxy) is 1. The van der Waals surface area contributed by atoms with Crippen LogP contribution in [0, 0.1) is 0 Å². The quantitative estimate of drug-likeness (QED) is 0.491. The number of thiocarbonyl (C=S) groups is 1. The van der Waals surface area contributed by atoms with Crippen molar-refractivity contribution in [3.05, 3.63) is 70.4 Å². The first-order valence-electron chi connectivity index (χ1n) is 8.26. The number of aliphatic hydroxyl groups excluding tert-OH is 1. The number of anilines is 1. The molecule has 144 valence electrons. The van der Waals surface area contributed by atoms with Crippen LogP contribution >= 0.6 is 28.1 Å². The lowest BCUT2D eigenvalue weighted by atomic mass is 10.1. The van der Waals surface area contributed by atoms with E-state index in [2.05, 4.69) is 26.6 Å². The van der Waals surface area contributed by atoms with Gasteiger partial charge in [0, 0.05) is 21.8 Å². The Labute approximate surface area is 175 Å². The molecule has 0 saturated heterocycles. The number of nitrogens with one attached hydrogen (secondary N) is 2. The Morgan fingerprint density at radius 1 is 1.21 bits per heavy atom. The number of hydrogen-bond donors (Lipinski definition) is 3. The number of amides is 1. The van der Waals surface area contributed by atoms with E-state index in [9.17, 15) is 4.79 Å². The minimum atomic E-state index is -0.311. The van der Waals surface area contributed by atoms with Crippen LogP contribution in [-0.4, -0.2) is 23.2 Å². The average Bonchev–Trinajstić information content (AvgIpc) is 3.16. The van der Waals surface area contributed by atoms with E-state index in [0.29, 0.717) is 28.5 Å². The zero-order chi connectivity index (χ0) is 20.1. The number of halogens is 1. The molecule has 0 aliphatic rings. The standard InChI is InChI=1S/C20H17BrN2O4S/c1-26-18-10-14(5-7-16(18)17-8-6-15(11-24)27-17)22-20(28)23-19(25)12-3-2-4-13(21)9-12/h2-10,24H,11H2,1H3,(H2,22,23,25,28). The Morgan fingerprint density at radius 3 is 2.71 bits per heavy atom. The van der Waals surface area contributed by atoms with Gasteiger partial charge in [-0.15, -0.1) is 0 Å². The highest BCUT2D eigenvalue weighted by Gasteiger charge is 2.13. The van der Waals surface area contributed by atoms with Crippen LogP contribution in [0.5, 0.6) is 5.75 Å². The molecule has 0 unspecified atom stereocenters. The molecule has 0 atom stereocenters. The molecule has 0 aliphatic heterocycles. The highest BCUT2D eigenvalue weighted by Crippen LogP contribution is 2.33. The SMILES string of the molecule is COc1cc(NC(=S)NC(=O)c2cccc(Br)c2)ccc1-c1ccc(CO)o1. The number of methoxy groups -OCH3 is 1. The van der Waals surface area contributed by atoms with Gasteiger partial charge in [0.05, 0.1) is 12.7 Å². The number of hydrogen-bond acceptors (Lipinski definition) is 5. The van der Waals surface area contributed by atoms with Gasteiger partial charge >= 0.3 is 0 Å². The molecule has 3 N–H and O–H groups in total. The lowest BCUT2D eigenvalue weighted by Gasteiger charge is -2.12. The van der Waals surface area contributed by atoms with Crippen molar-refractivity contribution in [3.8, 4) is 17.1 Å². The fourth-order valence-corrected chi connectivity index (χ4v) is 3.16. The fraction of sp³-hybridized carbons (Fsp3) is 0.100. The molecule has 0 radical (unpaired) electrons. The normalized spacial score (nSPS) is 10.4. The van der Waals surface area contributed by atoms with Crippen LogP contribution < -0.4 is 15.4 Å². The van der Waals surface area contributed by atoms with Gasteiger partial charge in [-0.05, 0) is 54.7 Å². The van der Waals surface area contributed by atoms with E-state index in [0.717, 1.165) is 10.0 Å². The number of rotatable bonds is 5. The van der Waals surface area contributed by atoms with Gasteiger partial charge in [-0.25, -0.2) is 0 Å². The monoisotopic (exact) mass is 460 g/mol. The van der Waals surface area contributed by atoms with Gasteiger partial charge in [-0.1, -0.05) is 22.0 Å². The van der Waals surface area contributed by atoms with Gasteiger partial charge in [-0.3, -0.25) is 10.1 Å². The van der Waals surface area contributed by atoms with Crippen LogP contribution in [0.2, 0.25) is 0 Å². The molecule has 2 aromatic carbocycles. The van der Waals surface area contributed by atoms with Crippen molar-refractivity contribution < 1.29 is 19.1 Å². The third kappa shape index (κ3) is 4.78. The first-order chi connectivity index (χ1) is 13.5. The molecule has 8 heteroatoms. The highest BCUT2D eigenvalue weighted by atomic mass is 79.9. The molecule has 1 aromatic heterocycles. The summed E-state index contributed by atoms with van der Waals surface area (Å²) in [6.07, 6.45) is 0. The summed E-state index contributed by atoms with van der Waals surface area (Å²) in [6, 6.07) is 15.8. The van der Waals surface area contributed by atoms with E-state index >= 15 is 0 Å². The Morgan fingerprint density at radius 2 is 2.04 bits per heavy atom. The van der Waals surface area contributed by atoms with E-state index < -0.39 is 0 Å². The van der Waals surface area contributed by atoms with Crippen LogP contribution in [0.15, 0.2) is 63.5 Å². The van der Waals surface area contributed by atoms with Crippen LogP contribution in [0.4, 0.5) is 5.69 Å². The lowest BCUT2D eigenvalue weighted by Crippen LogP contribution is -2.34. The Bertz CT molecular complexity index is 1020. The molecule has 0 fully saturated rings. The van der Waals surface area contributed by atoms with Gasteiger partial charge < -0.3 is 19.6 Å². The predicted molar refractivity (Wildman–Crippen MR) is 114 cm³/mol. The number of aliphatic hydroxyl groups is 1. The molecule has 0 aliphatic carbocycles. The smallest absolute Gasteiger partial charge is 0.257 e. The highest BCUT2D eigenvalue weighted by molar-refractivity contribution is 9.10. The molecule has 0 spiro atoms. The second-order valence-electron chi connectivity index (χ2n) is 5.76. The number of benzene rings is 2. The van der Waals surface area contributed by atoms with Gasteiger partial charge in [-0.2, -0.15) is 0 Å². The molecule has 1 amide bonds. The molecular formula is C20H17BrN2O4S. The van der Waals surface area contributed by atoms with Crippen molar-refractivity contribution in [1.82, 2.24) is 5.32 Å². The second-order valence-corrected chi connectivity index (χ2v) is 7.08. The van der Waals surface area contributed by atoms with Crippen LogP contribution in [-0.2, 0) is 6.61 Å². The maximum Gasteiger partial charge on any atom is 0.257 e. The van der Waals surface area contributed by atoms with E-state index in [1.165, 1.54) is 0 Å². The maximum absolute atomic E-state index is 12.3. The van der Waals surface area contributed by atoms with Crippen LogP contribution in [0.1, 0.15) is 16.1 Å². The molecule has 0 saturated carbocycles. The summed E-state index contributed by atoms with van der Waals surface area (Å²) < 4.78 is 11.8. The summed E-state index contributed by atoms with van der Waals surface area (Å²) in [5, 5.41) is 14.9.